The number of ether oxygens (including phenoxy) is 1. The van der Waals surface area contributed by atoms with Crippen LogP contribution < -0.4 is 10.1 Å². The third-order valence-corrected chi connectivity index (χ3v) is 6.74. The van der Waals surface area contributed by atoms with Crippen LogP contribution in [0.4, 0.5) is 4.79 Å². The van der Waals surface area contributed by atoms with E-state index in [0.29, 0.717) is 25.3 Å². The maximum Gasteiger partial charge on any atom is 0.325 e. The highest BCUT2D eigenvalue weighted by atomic mass is 16.5. The van der Waals surface area contributed by atoms with Gasteiger partial charge in [-0.05, 0) is 62.1 Å². The van der Waals surface area contributed by atoms with E-state index < -0.39 is 11.6 Å². The molecular weight excluding hydrogens is 370 g/mol. The summed E-state index contributed by atoms with van der Waals surface area (Å²) < 4.78 is 5.21. The van der Waals surface area contributed by atoms with E-state index in [1.807, 2.05) is 24.3 Å². The maximum absolute atomic E-state index is 13.0. The first-order valence-electron chi connectivity index (χ1n) is 10.5. The predicted molar refractivity (Wildman–Crippen MR) is 107 cm³/mol. The molecule has 3 fully saturated rings. The lowest BCUT2D eigenvalue weighted by molar-refractivity contribution is -0.140. The van der Waals surface area contributed by atoms with Gasteiger partial charge in [-0.2, -0.15) is 0 Å². The van der Waals surface area contributed by atoms with Gasteiger partial charge in [0.15, 0.2) is 0 Å². The summed E-state index contributed by atoms with van der Waals surface area (Å²) in [6.45, 7) is 2.62. The Kier molecular flexibility index (Phi) is 5.23. The molecule has 2 saturated heterocycles. The Morgan fingerprint density at radius 2 is 1.86 bits per heavy atom. The van der Waals surface area contributed by atoms with Crippen LogP contribution in [0.5, 0.6) is 5.75 Å². The Labute approximate surface area is 171 Å². The molecule has 0 bridgehead atoms. The van der Waals surface area contributed by atoms with Gasteiger partial charge in [-0.15, -0.1) is 0 Å². The number of hydrogen-bond acceptors (Lipinski definition) is 4. The SMILES string of the molecule is COc1ccc([C@H]2CCCN2C(=O)CN2C(=O)NC3(CCC(C)CC3)C2=O)cc1. The quantitative estimate of drug-likeness (QED) is 0.790. The van der Waals surface area contributed by atoms with Crippen molar-refractivity contribution >= 4 is 17.8 Å². The third kappa shape index (κ3) is 3.58. The highest BCUT2D eigenvalue weighted by molar-refractivity contribution is 6.09. The van der Waals surface area contributed by atoms with Crippen molar-refractivity contribution in [1.29, 1.82) is 0 Å². The van der Waals surface area contributed by atoms with Crippen molar-refractivity contribution in [2.24, 2.45) is 5.92 Å². The fourth-order valence-electron chi connectivity index (χ4n) is 4.88. The zero-order valence-corrected chi connectivity index (χ0v) is 17.1. The standard InChI is InChI=1S/C22H29N3O4/c1-15-9-11-22(12-10-15)20(27)25(21(28)23-22)14-19(26)24-13-3-4-18(24)16-5-7-17(29-2)8-6-16/h5-8,15,18H,3-4,9-14H2,1-2H3,(H,23,28)/t15?,18-,22?/m1/s1. The van der Waals surface area contributed by atoms with E-state index in [1.165, 1.54) is 0 Å². The molecule has 0 radical (unpaired) electrons. The third-order valence-electron chi connectivity index (χ3n) is 6.74. The van der Waals surface area contributed by atoms with Crippen LogP contribution in [0.1, 0.15) is 57.1 Å². The molecule has 156 valence electrons. The van der Waals surface area contributed by atoms with E-state index in [-0.39, 0.29) is 24.4 Å². The van der Waals surface area contributed by atoms with Gasteiger partial charge in [0, 0.05) is 6.54 Å². The zero-order chi connectivity index (χ0) is 20.6. The number of carbonyl (C=O) groups excluding carboxylic acids is 3. The first-order valence-corrected chi connectivity index (χ1v) is 10.5. The number of likely N-dealkylation sites (tertiary alicyclic amines) is 1. The molecule has 7 heteroatoms. The summed E-state index contributed by atoms with van der Waals surface area (Å²) in [6.07, 6.45) is 4.92. The highest BCUT2D eigenvalue weighted by Gasteiger charge is 2.52. The molecule has 1 aromatic rings. The largest absolute Gasteiger partial charge is 0.497 e. The lowest BCUT2D eigenvalue weighted by Crippen LogP contribution is -2.50. The highest BCUT2D eigenvalue weighted by Crippen LogP contribution is 2.37. The first-order chi connectivity index (χ1) is 13.9. The lowest BCUT2D eigenvalue weighted by Gasteiger charge is -2.33. The van der Waals surface area contributed by atoms with E-state index >= 15 is 0 Å². The summed E-state index contributed by atoms with van der Waals surface area (Å²) in [5, 5.41) is 2.89. The number of methoxy groups -OCH3 is 1. The van der Waals surface area contributed by atoms with Crippen LogP contribution in [0.15, 0.2) is 24.3 Å². The zero-order valence-electron chi connectivity index (χ0n) is 17.1. The van der Waals surface area contributed by atoms with Crippen LogP contribution >= 0.6 is 0 Å². The summed E-state index contributed by atoms with van der Waals surface area (Å²) in [6, 6.07) is 7.27. The van der Waals surface area contributed by atoms with Gasteiger partial charge in [0.2, 0.25) is 5.91 Å². The second-order valence-corrected chi connectivity index (χ2v) is 8.60. The Hall–Kier alpha value is -2.57. The summed E-state index contributed by atoms with van der Waals surface area (Å²) in [4.78, 5) is 41.5. The molecule has 0 aromatic heterocycles. The van der Waals surface area contributed by atoms with Crippen LogP contribution in [0.3, 0.4) is 0 Å². The second-order valence-electron chi connectivity index (χ2n) is 8.60. The Bertz CT molecular complexity index is 799. The normalized spacial score (nSPS) is 29.4. The predicted octanol–water partition coefficient (Wildman–Crippen LogP) is 2.86. The number of imide groups is 1. The van der Waals surface area contributed by atoms with Crippen molar-refractivity contribution in [3.8, 4) is 5.75 Å². The molecule has 4 rings (SSSR count). The molecule has 1 aromatic carbocycles. The van der Waals surface area contributed by atoms with Gasteiger partial charge in [-0.25, -0.2) is 4.79 Å². The Balaban J connectivity index is 1.45. The Morgan fingerprint density at radius 1 is 1.17 bits per heavy atom. The topological polar surface area (TPSA) is 79.0 Å². The average Bonchev–Trinajstić information content (AvgIpc) is 3.30. The number of rotatable bonds is 4. The number of hydrogen-bond donors (Lipinski definition) is 1. The van der Waals surface area contributed by atoms with Gasteiger partial charge in [-0.3, -0.25) is 14.5 Å². The maximum atomic E-state index is 13.0. The van der Waals surface area contributed by atoms with Crippen molar-refractivity contribution in [2.45, 2.75) is 57.0 Å². The van der Waals surface area contributed by atoms with Crippen LogP contribution in [0.25, 0.3) is 0 Å². The Morgan fingerprint density at radius 3 is 2.52 bits per heavy atom. The molecule has 29 heavy (non-hydrogen) atoms. The van der Waals surface area contributed by atoms with Gasteiger partial charge in [-0.1, -0.05) is 19.1 Å². The minimum absolute atomic E-state index is 0.0290. The van der Waals surface area contributed by atoms with Crippen LogP contribution in [0, 0.1) is 5.92 Å². The van der Waals surface area contributed by atoms with Crippen LogP contribution in [-0.2, 0) is 9.59 Å². The van der Waals surface area contributed by atoms with E-state index in [2.05, 4.69) is 12.2 Å². The minimum atomic E-state index is -0.801. The van der Waals surface area contributed by atoms with Crippen LogP contribution in [0.2, 0.25) is 0 Å². The van der Waals surface area contributed by atoms with Gasteiger partial charge in [0.05, 0.1) is 13.2 Å². The number of nitrogens with one attached hydrogen (secondary N) is 1. The molecule has 2 aliphatic heterocycles. The van der Waals surface area contributed by atoms with Gasteiger partial charge in [0.1, 0.15) is 17.8 Å². The lowest BCUT2D eigenvalue weighted by atomic mass is 9.77. The van der Waals surface area contributed by atoms with E-state index in [9.17, 15) is 14.4 Å². The van der Waals surface area contributed by atoms with Crippen molar-refractivity contribution < 1.29 is 19.1 Å². The van der Waals surface area contributed by atoms with Crippen LogP contribution in [-0.4, -0.2) is 53.4 Å². The number of carbonyl (C=O) groups is 3. The van der Waals surface area contributed by atoms with E-state index in [0.717, 1.165) is 41.9 Å². The summed E-state index contributed by atoms with van der Waals surface area (Å²) >= 11 is 0. The van der Waals surface area contributed by atoms with E-state index in [1.54, 1.807) is 12.0 Å². The molecule has 3 aliphatic rings. The first kappa shape index (κ1) is 19.7. The van der Waals surface area contributed by atoms with Gasteiger partial charge < -0.3 is 15.0 Å². The number of amides is 4. The van der Waals surface area contributed by atoms with Crippen molar-refractivity contribution in [3.63, 3.8) is 0 Å². The molecule has 1 saturated carbocycles. The van der Waals surface area contributed by atoms with Crippen molar-refractivity contribution in [2.75, 3.05) is 20.2 Å². The monoisotopic (exact) mass is 399 g/mol. The minimum Gasteiger partial charge on any atom is -0.497 e. The second kappa shape index (κ2) is 7.69. The smallest absolute Gasteiger partial charge is 0.325 e. The fourth-order valence-corrected chi connectivity index (χ4v) is 4.88. The number of nitrogens with zero attached hydrogens (tertiary/aromatic N) is 2. The van der Waals surface area contributed by atoms with Crippen molar-refractivity contribution in [1.82, 2.24) is 15.1 Å². The molecule has 1 spiro atoms. The van der Waals surface area contributed by atoms with E-state index in [4.69, 9.17) is 4.74 Å². The molecular formula is C22H29N3O4. The molecule has 1 atom stereocenters. The molecule has 1 N–H and O–H groups in total. The van der Waals surface area contributed by atoms with Gasteiger partial charge >= 0.3 is 6.03 Å². The number of urea groups is 1. The number of benzene rings is 1. The molecule has 2 heterocycles. The average molecular weight is 399 g/mol. The van der Waals surface area contributed by atoms with Gasteiger partial charge in [0.25, 0.3) is 5.91 Å². The summed E-state index contributed by atoms with van der Waals surface area (Å²) in [5.41, 5.74) is 0.246. The fraction of sp³-hybridized carbons (Fsp3) is 0.591. The summed E-state index contributed by atoms with van der Waals surface area (Å²) in [5.74, 6) is 0.933. The molecule has 1 aliphatic carbocycles. The molecule has 4 amide bonds. The van der Waals surface area contributed by atoms with Crippen molar-refractivity contribution in [3.05, 3.63) is 29.8 Å². The summed E-state index contributed by atoms with van der Waals surface area (Å²) in [7, 11) is 1.62. The molecule has 7 nitrogen and oxygen atoms in total. The molecule has 0 unspecified atom stereocenters.